The van der Waals surface area contributed by atoms with Crippen molar-refractivity contribution in [3.05, 3.63) is 34.9 Å². The highest BCUT2D eigenvalue weighted by atomic mass is 19.4. The predicted molar refractivity (Wildman–Crippen MR) is 53.4 cm³/mol. The van der Waals surface area contributed by atoms with E-state index in [1.165, 1.54) is 6.07 Å². The highest BCUT2D eigenvalue weighted by molar-refractivity contribution is 5.74. The summed E-state index contributed by atoms with van der Waals surface area (Å²) in [6, 6.07) is 2.95. The van der Waals surface area contributed by atoms with Gasteiger partial charge in [-0.1, -0.05) is 12.1 Å². The molecule has 0 aromatic heterocycles. The van der Waals surface area contributed by atoms with Crippen molar-refractivity contribution < 1.29 is 23.1 Å². The van der Waals surface area contributed by atoms with Gasteiger partial charge in [-0.3, -0.25) is 4.79 Å². The molecular weight excluding hydrogens is 235 g/mol. The highest BCUT2D eigenvalue weighted by Crippen LogP contribution is 2.35. The fourth-order valence-electron chi connectivity index (χ4n) is 1.99. The van der Waals surface area contributed by atoms with E-state index in [1.54, 1.807) is 6.07 Å². The summed E-state index contributed by atoms with van der Waals surface area (Å²) < 4.78 is 38.2. The molecule has 1 aliphatic rings. The molecule has 92 valence electrons. The molecule has 0 bridgehead atoms. The summed E-state index contributed by atoms with van der Waals surface area (Å²) >= 11 is 0. The van der Waals surface area contributed by atoms with Crippen LogP contribution in [0.4, 0.5) is 13.2 Å². The Kier molecular flexibility index (Phi) is 2.82. The van der Waals surface area contributed by atoms with Gasteiger partial charge in [0, 0.05) is 6.54 Å². The average molecular weight is 245 g/mol. The van der Waals surface area contributed by atoms with Gasteiger partial charge in [0.25, 0.3) is 0 Å². The molecule has 1 heterocycles. The third kappa shape index (κ3) is 2.26. The molecule has 1 aromatic rings. The Morgan fingerprint density at radius 2 is 2.12 bits per heavy atom. The van der Waals surface area contributed by atoms with E-state index in [4.69, 9.17) is 5.11 Å². The number of hydrogen-bond acceptors (Lipinski definition) is 2. The molecule has 2 rings (SSSR count). The molecule has 0 saturated carbocycles. The number of benzene rings is 1. The first-order valence-electron chi connectivity index (χ1n) is 5.03. The second kappa shape index (κ2) is 4.03. The molecule has 3 nitrogen and oxygen atoms in total. The quantitative estimate of drug-likeness (QED) is 0.793. The summed E-state index contributed by atoms with van der Waals surface area (Å²) in [6.45, 7) is 0.149. The van der Waals surface area contributed by atoms with Crippen molar-refractivity contribution in [2.45, 2.75) is 25.2 Å². The van der Waals surface area contributed by atoms with Crippen LogP contribution in [-0.2, 0) is 23.9 Å². The van der Waals surface area contributed by atoms with E-state index in [2.05, 4.69) is 5.32 Å². The van der Waals surface area contributed by atoms with Crippen LogP contribution < -0.4 is 5.32 Å². The van der Waals surface area contributed by atoms with Crippen molar-refractivity contribution >= 4 is 5.97 Å². The Morgan fingerprint density at radius 1 is 1.41 bits per heavy atom. The number of aliphatic carboxylic acids is 1. The van der Waals surface area contributed by atoms with E-state index >= 15 is 0 Å². The number of carboxylic acids is 1. The van der Waals surface area contributed by atoms with Crippen molar-refractivity contribution in [3.63, 3.8) is 0 Å². The molecule has 6 heteroatoms. The maximum Gasteiger partial charge on any atom is 0.416 e. The Bertz CT molecular complexity index is 457. The topological polar surface area (TPSA) is 49.3 Å². The van der Waals surface area contributed by atoms with E-state index in [-0.39, 0.29) is 18.5 Å². The molecule has 0 saturated heterocycles. The minimum Gasteiger partial charge on any atom is -0.480 e. The lowest BCUT2D eigenvalue weighted by Gasteiger charge is -2.26. The molecule has 1 unspecified atom stereocenters. The molecule has 1 aliphatic heterocycles. The van der Waals surface area contributed by atoms with Crippen LogP contribution in [0.1, 0.15) is 16.7 Å². The number of hydrogen-bond donors (Lipinski definition) is 2. The van der Waals surface area contributed by atoms with E-state index in [9.17, 15) is 18.0 Å². The molecule has 0 spiro atoms. The van der Waals surface area contributed by atoms with Crippen molar-refractivity contribution in [1.82, 2.24) is 5.32 Å². The van der Waals surface area contributed by atoms with E-state index in [0.29, 0.717) is 5.56 Å². The Balaban J connectivity index is 2.43. The minimum atomic E-state index is -4.44. The van der Waals surface area contributed by atoms with Crippen LogP contribution in [0.25, 0.3) is 0 Å². The van der Waals surface area contributed by atoms with Crippen LogP contribution in [0.3, 0.4) is 0 Å². The minimum absolute atomic E-state index is 0.0890. The molecule has 0 fully saturated rings. The number of nitrogens with one attached hydrogen (secondary N) is 1. The number of rotatable bonds is 1. The third-order valence-electron chi connectivity index (χ3n) is 2.82. The van der Waals surface area contributed by atoms with Gasteiger partial charge in [0.15, 0.2) is 0 Å². The van der Waals surface area contributed by atoms with Crippen molar-refractivity contribution in [2.24, 2.45) is 0 Å². The average Bonchev–Trinajstić information content (AvgIpc) is 2.26. The second-order valence-corrected chi connectivity index (χ2v) is 3.92. The fraction of sp³-hybridized carbons (Fsp3) is 0.364. The first kappa shape index (κ1) is 11.9. The van der Waals surface area contributed by atoms with E-state index in [1.807, 2.05) is 0 Å². The highest BCUT2D eigenvalue weighted by Gasteiger charge is 2.36. The number of carbonyl (C=O) groups is 1. The van der Waals surface area contributed by atoms with Gasteiger partial charge < -0.3 is 10.4 Å². The first-order valence-corrected chi connectivity index (χ1v) is 5.03. The maximum atomic E-state index is 12.7. The van der Waals surface area contributed by atoms with Gasteiger partial charge in [-0.25, -0.2) is 0 Å². The number of halogens is 3. The monoisotopic (exact) mass is 245 g/mol. The maximum absolute atomic E-state index is 12.7. The number of fused-ring (bicyclic) bond motifs is 1. The fourth-order valence-corrected chi connectivity index (χ4v) is 1.99. The van der Waals surface area contributed by atoms with Crippen molar-refractivity contribution in [1.29, 1.82) is 0 Å². The summed E-state index contributed by atoms with van der Waals surface area (Å²) in [5, 5.41) is 11.5. The zero-order chi connectivity index (χ0) is 12.6. The Hall–Kier alpha value is -1.56. The van der Waals surface area contributed by atoms with Gasteiger partial charge >= 0.3 is 12.1 Å². The van der Waals surface area contributed by atoms with Gasteiger partial charge in [-0.05, 0) is 23.6 Å². The predicted octanol–water partition coefficient (Wildman–Crippen LogP) is 1.80. The van der Waals surface area contributed by atoms with Crippen LogP contribution in [0.15, 0.2) is 18.2 Å². The Labute approximate surface area is 95.3 Å². The molecule has 17 heavy (non-hydrogen) atoms. The zero-order valence-corrected chi connectivity index (χ0v) is 8.71. The van der Waals surface area contributed by atoms with Crippen molar-refractivity contribution in [3.8, 4) is 0 Å². The molecule has 0 amide bonds. The van der Waals surface area contributed by atoms with Crippen LogP contribution >= 0.6 is 0 Å². The lowest BCUT2D eigenvalue weighted by Crippen LogP contribution is -2.42. The third-order valence-corrected chi connectivity index (χ3v) is 2.82. The molecule has 0 aliphatic carbocycles. The van der Waals surface area contributed by atoms with Crippen LogP contribution in [0.2, 0.25) is 0 Å². The van der Waals surface area contributed by atoms with E-state index < -0.39 is 23.8 Å². The van der Waals surface area contributed by atoms with E-state index in [0.717, 1.165) is 6.07 Å². The van der Waals surface area contributed by atoms with Gasteiger partial charge in [0.2, 0.25) is 0 Å². The second-order valence-electron chi connectivity index (χ2n) is 3.92. The molecule has 0 radical (unpaired) electrons. The summed E-state index contributed by atoms with van der Waals surface area (Å²) in [5.74, 6) is -1.13. The van der Waals surface area contributed by atoms with Crippen molar-refractivity contribution in [2.75, 3.05) is 0 Å². The summed E-state index contributed by atoms with van der Waals surface area (Å²) in [7, 11) is 0. The van der Waals surface area contributed by atoms with Gasteiger partial charge in [0.1, 0.15) is 6.04 Å². The SMILES string of the molecule is O=C(O)C1Cc2c(cccc2C(F)(F)F)CN1. The summed E-state index contributed by atoms with van der Waals surface area (Å²) in [4.78, 5) is 10.8. The normalized spacial score (nSPS) is 19.8. The molecular formula is C11H10F3NO2. The van der Waals surface area contributed by atoms with Gasteiger partial charge in [-0.2, -0.15) is 13.2 Å². The van der Waals surface area contributed by atoms with Crippen LogP contribution in [-0.4, -0.2) is 17.1 Å². The summed E-state index contributed by atoms with van der Waals surface area (Å²) in [6.07, 6.45) is -4.58. The molecule has 1 aromatic carbocycles. The lowest BCUT2D eigenvalue weighted by molar-refractivity contribution is -0.142. The van der Waals surface area contributed by atoms with Crippen LogP contribution in [0.5, 0.6) is 0 Å². The number of carboxylic acid groups (broad SMARTS) is 1. The van der Waals surface area contributed by atoms with Gasteiger partial charge in [0.05, 0.1) is 5.56 Å². The van der Waals surface area contributed by atoms with Gasteiger partial charge in [-0.15, -0.1) is 0 Å². The molecule has 2 N–H and O–H groups in total. The Morgan fingerprint density at radius 3 is 2.71 bits per heavy atom. The number of alkyl halides is 3. The van der Waals surface area contributed by atoms with Crippen LogP contribution in [0, 0.1) is 0 Å². The standard InChI is InChI=1S/C11H10F3NO2/c12-11(13,14)8-3-1-2-6-5-15-9(10(16)17)4-7(6)8/h1-3,9,15H,4-5H2,(H,16,17). The molecule has 1 atom stereocenters. The zero-order valence-electron chi connectivity index (χ0n) is 8.71. The first-order chi connectivity index (χ1) is 7.89. The largest absolute Gasteiger partial charge is 0.480 e. The lowest BCUT2D eigenvalue weighted by atomic mass is 9.91. The summed E-state index contributed by atoms with van der Waals surface area (Å²) in [5.41, 5.74) is -0.133. The smallest absolute Gasteiger partial charge is 0.416 e.